The van der Waals surface area contributed by atoms with Crippen molar-refractivity contribution in [3.05, 3.63) is 53.1 Å². The third-order valence-corrected chi connectivity index (χ3v) is 2.69. The van der Waals surface area contributed by atoms with Gasteiger partial charge in [0.1, 0.15) is 0 Å². The highest BCUT2D eigenvalue weighted by atomic mass is 19.4. The molecule has 1 aliphatic rings. The van der Waals surface area contributed by atoms with Crippen LogP contribution in [0.2, 0.25) is 0 Å². The van der Waals surface area contributed by atoms with E-state index in [1.807, 2.05) is 0 Å². The summed E-state index contributed by atoms with van der Waals surface area (Å²) in [6.07, 6.45) is -4.35. The van der Waals surface area contributed by atoms with Crippen molar-refractivity contribution in [3.63, 3.8) is 0 Å². The molecule has 2 rings (SSSR count). The molecule has 102 valence electrons. The molecule has 0 amide bonds. The maximum absolute atomic E-state index is 12.6. The zero-order valence-corrected chi connectivity index (χ0v) is 9.44. The molecule has 1 aromatic rings. The van der Waals surface area contributed by atoms with Crippen LogP contribution >= 0.6 is 0 Å². The molecular weight excluding hydrogens is 270 g/mol. The van der Waals surface area contributed by atoms with E-state index in [-0.39, 0.29) is 11.6 Å². The quantitative estimate of drug-likeness (QED) is 0.629. The van der Waals surface area contributed by atoms with Crippen molar-refractivity contribution in [2.75, 3.05) is 0 Å². The zero-order valence-electron chi connectivity index (χ0n) is 9.44. The fourth-order valence-electron chi connectivity index (χ4n) is 1.79. The maximum Gasteiger partial charge on any atom is 0.416 e. The molecule has 1 aliphatic carbocycles. The number of halogens is 6. The number of hydrogen-bond donors (Lipinski definition) is 0. The molecule has 0 unspecified atom stereocenters. The van der Waals surface area contributed by atoms with E-state index >= 15 is 0 Å². The van der Waals surface area contributed by atoms with Crippen molar-refractivity contribution in [1.82, 2.24) is 0 Å². The van der Waals surface area contributed by atoms with Gasteiger partial charge in [0.25, 0.3) is 0 Å². The number of rotatable bonds is 1. The third-order valence-electron chi connectivity index (χ3n) is 2.69. The highest BCUT2D eigenvalue weighted by Crippen LogP contribution is 2.38. The van der Waals surface area contributed by atoms with Crippen LogP contribution in [0.25, 0.3) is 5.57 Å². The van der Waals surface area contributed by atoms with Crippen LogP contribution in [0.3, 0.4) is 0 Å². The van der Waals surface area contributed by atoms with Gasteiger partial charge in [0.05, 0.1) is 11.1 Å². The van der Waals surface area contributed by atoms with Gasteiger partial charge in [-0.25, -0.2) is 0 Å². The highest BCUT2D eigenvalue weighted by Gasteiger charge is 2.37. The van der Waals surface area contributed by atoms with E-state index in [1.54, 1.807) is 12.2 Å². The predicted octanol–water partition coefficient (Wildman–Crippen LogP) is 5.07. The molecule has 0 saturated heterocycles. The van der Waals surface area contributed by atoms with E-state index in [1.165, 1.54) is 6.08 Å². The van der Waals surface area contributed by atoms with Crippen LogP contribution in [0.4, 0.5) is 26.3 Å². The van der Waals surface area contributed by atoms with Gasteiger partial charge < -0.3 is 0 Å². The van der Waals surface area contributed by atoms with Gasteiger partial charge >= 0.3 is 12.4 Å². The van der Waals surface area contributed by atoms with Crippen LogP contribution in [0, 0.1) is 0 Å². The monoisotopic (exact) mass is 278 g/mol. The lowest BCUT2D eigenvalue weighted by molar-refractivity contribution is -0.143. The Bertz CT molecular complexity index is 513. The summed E-state index contributed by atoms with van der Waals surface area (Å²) in [5.74, 6) is 0. The average Bonchev–Trinajstić information content (AvgIpc) is 2.79. The minimum atomic E-state index is -4.81. The summed E-state index contributed by atoms with van der Waals surface area (Å²) in [6, 6.07) is 1.59. The van der Waals surface area contributed by atoms with Crippen molar-refractivity contribution in [1.29, 1.82) is 0 Å². The molecule has 6 heteroatoms. The number of benzene rings is 1. The molecule has 0 N–H and O–H groups in total. The normalized spacial score (nSPS) is 15.8. The molecule has 0 fully saturated rings. The maximum atomic E-state index is 12.6. The van der Waals surface area contributed by atoms with Crippen LogP contribution in [0.5, 0.6) is 0 Å². The fraction of sp³-hybridized carbons (Fsp3) is 0.231. The van der Waals surface area contributed by atoms with E-state index < -0.39 is 23.5 Å². The molecular formula is C13H8F6. The lowest BCUT2D eigenvalue weighted by Gasteiger charge is -2.14. The van der Waals surface area contributed by atoms with Gasteiger partial charge in [-0.3, -0.25) is 0 Å². The van der Waals surface area contributed by atoms with Gasteiger partial charge in [0.2, 0.25) is 0 Å². The molecule has 0 saturated carbocycles. The molecule has 19 heavy (non-hydrogen) atoms. The summed E-state index contributed by atoms with van der Waals surface area (Å²) >= 11 is 0. The smallest absolute Gasteiger partial charge is 0.166 e. The van der Waals surface area contributed by atoms with Crippen molar-refractivity contribution in [2.24, 2.45) is 0 Å². The van der Waals surface area contributed by atoms with Gasteiger partial charge in [-0.2, -0.15) is 26.3 Å². The minimum Gasteiger partial charge on any atom is -0.166 e. The second kappa shape index (κ2) is 4.43. The molecule has 0 bridgehead atoms. The predicted molar refractivity (Wildman–Crippen MR) is 58.2 cm³/mol. The van der Waals surface area contributed by atoms with E-state index in [4.69, 9.17) is 0 Å². The fourth-order valence-corrected chi connectivity index (χ4v) is 1.79. The second-order valence-corrected chi connectivity index (χ2v) is 4.09. The van der Waals surface area contributed by atoms with Crippen LogP contribution in [-0.4, -0.2) is 0 Å². The summed E-state index contributed by atoms with van der Waals surface area (Å²) in [7, 11) is 0. The minimum absolute atomic E-state index is 0.0732. The molecule has 0 atom stereocenters. The first-order chi connectivity index (χ1) is 8.68. The SMILES string of the molecule is FC(F)(F)c1cc(C2=CCC=C2)cc(C(F)(F)F)c1. The Kier molecular flexibility index (Phi) is 3.20. The average molecular weight is 278 g/mol. The lowest BCUT2D eigenvalue weighted by Crippen LogP contribution is -2.11. The zero-order chi connectivity index (χ0) is 14.3. The second-order valence-electron chi connectivity index (χ2n) is 4.09. The Hall–Kier alpha value is -1.72. The molecule has 1 aromatic carbocycles. The van der Waals surface area contributed by atoms with E-state index in [0.717, 1.165) is 12.1 Å². The number of allylic oxidation sites excluding steroid dienone is 4. The highest BCUT2D eigenvalue weighted by molar-refractivity contribution is 5.77. The van der Waals surface area contributed by atoms with Crippen LogP contribution < -0.4 is 0 Å². The largest absolute Gasteiger partial charge is 0.416 e. The van der Waals surface area contributed by atoms with Crippen molar-refractivity contribution < 1.29 is 26.3 Å². The third kappa shape index (κ3) is 3.00. The van der Waals surface area contributed by atoms with Gasteiger partial charge in [-0.05, 0) is 35.8 Å². The molecule has 0 heterocycles. The van der Waals surface area contributed by atoms with Crippen molar-refractivity contribution in [3.8, 4) is 0 Å². The first-order valence-electron chi connectivity index (χ1n) is 5.34. The molecule has 0 spiro atoms. The number of alkyl halides is 6. The summed E-state index contributed by atoms with van der Waals surface area (Å²) in [6.45, 7) is 0. The Labute approximate surface area is 105 Å². The van der Waals surface area contributed by atoms with Gasteiger partial charge in [0.15, 0.2) is 0 Å². The van der Waals surface area contributed by atoms with Gasteiger partial charge in [-0.1, -0.05) is 18.2 Å². The van der Waals surface area contributed by atoms with Gasteiger partial charge in [-0.15, -0.1) is 0 Å². The van der Waals surface area contributed by atoms with Crippen molar-refractivity contribution >= 4 is 5.57 Å². The Morgan fingerprint density at radius 1 is 0.789 bits per heavy atom. The summed E-state index contributed by atoms with van der Waals surface area (Å²) in [4.78, 5) is 0. The van der Waals surface area contributed by atoms with E-state index in [0.29, 0.717) is 12.0 Å². The standard InChI is InChI=1S/C13H8F6/c14-12(15,16)10-5-9(8-3-1-2-4-8)6-11(7-10)13(17,18)19/h1,3-7H,2H2. The summed E-state index contributed by atoms with van der Waals surface area (Å²) in [5.41, 5.74) is -2.29. The molecule has 0 aliphatic heterocycles. The first-order valence-corrected chi connectivity index (χ1v) is 5.34. The van der Waals surface area contributed by atoms with E-state index in [9.17, 15) is 26.3 Å². The first kappa shape index (κ1) is 13.7. The lowest BCUT2D eigenvalue weighted by atomic mass is 10.00. The number of hydrogen-bond acceptors (Lipinski definition) is 0. The van der Waals surface area contributed by atoms with Crippen LogP contribution in [0.1, 0.15) is 23.1 Å². The summed E-state index contributed by atoms with van der Waals surface area (Å²) < 4.78 is 75.7. The van der Waals surface area contributed by atoms with Gasteiger partial charge in [0, 0.05) is 0 Å². The Morgan fingerprint density at radius 2 is 1.32 bits per heavy atom. The summed E-state index contributed by atoms with van der Waals surface area (Å²) in [5, 5.41) is 0. The molecule has 0 aromatic heterocycles. The van der Waals surface area contributed by atoms with Crippen LogP contribution in [-0.2, 0) is 12.4 Å². The Balaban J connectivity index is 2.59. The molecule has 0 radical (unpaired) electrons. The van der Waals surface area contributed by atoms with Crippen LogP contribution in [0.15, 0.2) is 36.4 Å². The van der Waals surface area contributed by atoms with E-state index in [2.05, 4.69) is 0 Å². The molecule has 0 nitrogen and oxygen atoms in total. The topological polar surface area (TPSA) is 0 Å². The van der Waals surface area contributed by atoms with Crippen molar-refractivity contribution in [2.45, 2.75) is 18.8 Å². The Morgan fingerprint density at radius 3 is 1.68 bits per heavy atom.